The van der Waals surface area contributed by atoms with Gasteiger partial charge in [-0.05, 0) is 48.9 Å². The van der Waals surface area contributed by atoms with Crippen LogP contribution in [0.4, 0.5) is 10.2 Å². The van der Waals surface area contributed by atoms with Crippen LogP contribution in [0.2, 0.25) is 0 Å². The predicted octanol–water partition coefficient (Wildman–Crippen LogP) is 3.56. The summed E-state index contributed by atoms with van der Waals surface area (Å²) in [6.45, 7) is 2.22. The molecule has 3 heterocycles. The fourth-order valence-corrected chi connectivity index (χ4v) is 3.37. The van der Waals surface area contributed by atoms with Crippen LogP contribution in [0.15, 0.2) is 67.1 Å². The number of hydrogen-bond donors (Lipinski definition) is 1. The molecule has 0 aliphatic rings. The van der Waals surface area contributed by atoms with E-state index in [1.54, 1.807) is 48.2 Å². The summed E-state index contributed by atoms with van der Waals surface area (Å²) in [6.07, 6.45) is 4.53. The third-order valence-electron chi connectivity index (χ3n) is 5.00. The fourth-order valence-electron chi connectivity index (χ4n) is 3.37. The average molecular weight is 417 g/mol. The van der Waals surface area contributed by atoms with Gasteiger partial charge in [-0.3, -0.25) is 14.5 Å². The normalized spacial score (nSPS) is 10.8. The Morgan fingerprint density at radius 2 is 1.84 bits per heavy atom. The summed E-state index contributed by atoms with van der Waals surface area (Å²) in [6, 6.07) is 13.4. The van der Waals surface area contributed by atoms with Crippen LogP contribution in [0.25, 0.3) is 16.6 Å². The van der Waals surface area contributed by atoms with Crippen molar-refractivity contribution in [3.05, 3.63) is 84.1 Å². The molecule has 156 valence electrons. The minimum atomic E-state index is -0.458. The smallest absolute Gasteiger partial charge is 0.259 e. The van der Waals surface area contributed by atoms with Gasteiger partial charge in [0.05, 0.1) is 17.9 Å². The maximum atomic E-state index is 13.2. The van der Waals surface area contributed by atoms with Gasteiger partial charge in [-0.1, -0.05) is 12.1 Å². The van der Waals surface area contributed by atoms with Gasteiger partial charge in [-0.25, -0.2) is 13.9 Å². The highest BCUT2D eigenvalue weighted by molar-refractivity contribution is 6.06. The van der Waals surface area contributed by atoms with Crippen LogP contribution in [0.1, 0.15) is 27.6 Å². The predicted molar refractivity (Wildman–Crippen MR) is 116 cm³/mol. The van der Waals surface area contributed by atoms with Crippen molar-refractivity contribution >= 4 is 23.1 Å². The van der Waals surface area contributed by atoms with Crippen LogP contribution in [0.3, 0.4) is 0 Å². The molecule has 31 heavy (non-hydrogen) atoms. The van der Waals surface area contributed by atoms with Gasteiger partial charge in [0.15, 0.2) is 0 Å². The number of benzene rings is 1. The second-order valence-corrected chi connectivity index (χ2v) is 6.84. The van der Waals surface area contributed by atoms with E-state index < -0.39 is 5.82 Å². The van der Waals surface area contributed by atoms with Gasteiger partial charge in [0, 0.05) is 36.5 Å². The molecule has 0 saturated carbocycles. The van der Waals surface area contributed by atoms with Gasteiger partial charge in [0.2, 0.25) is 0 Å². The maximum Gasteiger partial charge on any atom is 0.259 e. The van der Waals surface area contributed by atoms with Crippen molar-refractivity contribution < 1.29 is 14.0 Å². The molecular formula is C23H20FN5O2. The van der Waals surface area contributed by atoms with Gasteiger partial charge in [0.1, 0.15) is 11.6 Å². The molecule has 0 aliphatic carbocycles. The first kappa shape index (κ1) is 20.2. The number of fused-ring (bicyclic) bond motifs is 1. The van der Waals surface area contributed by atoms with Gasteiger partial charge in [-0.15, -0.1) is 0 Å². The first-order valence-corrected chi connectivity index (χ1v) is 9.75. The van der Waals surface area contributed by atoms with Crippen molar-refractivity contribution in [2.45, 2.75) is 6.92 Å². The lowest BCUT2D eigenvalue weighted by atomic mass is 10.0. The van der Waals surface area contributed by atoms with Crippen molar-refractivity contribution in [3.8, 4) is 11.1 Å². The summed E-state index contributed by atoms with van der Waals surface area (Å²) in [4.78, 5) is 30.4. The Labute approximate surface area is 178 Å². The third kappa shape index (κ3) is 3.87. The summed E-state index contributed by atoms with van der Waals surface area (Å²) in [7, 11) is 1.58. The van der Waals surface area contributed by atoms with E-state index in [9.17, 15) is 14.0 Å². The second-order valence-electron chi connectivity index (χ2n) is 6.84. The van der Waals surface area contributed by atoms with Crippen LogP contribution in [0.5, 0.6) is 0 Å². The lowest BCUT2D eigenvalue weighted by Gasteiger charge is -2.20. The Hall–Kier alpha value is -4.07. The standard InChI is InChI=1S/C23H20FN5O2/c1-3-28(21-9-8-18(24)13-26-21)23(31)17-10-11-29-20(12-17)19(14-27-29)15-4-6-16(7-5-15)22(30)25-2/h4-14H,3H2,1-2H3,(H,25,30). The quantitative estimate of drug-likeness (QED) is 0.539. The van der Waals surface area contributed by atoms with E-state index in [0.717, 1.165) is 22.8 Å². The Bertz CT molecular complexity index is 1250. The third-order valence-corrected chi connectivity index (χ3v) is 5.00. The van der Waals surface area contributed by atoms with Gasteiger partial charge < -0.3 is 5.32 Å². The summed E-state index contributed by atoms with van der Waals surface area (Å²) in [5, 5.41) is 6.95. The molecule has 4 rings (SSSR count). The lowest BCUT2D eigenvalue weighted by Crippen LogP contribution is -2.31. The summed E-state index contributed by atoms with van der Waals surface area (Å²) < 4.78 is 14.9. The Morgan fingerprint density at radius 3 is 2.48 bits per heavy atom. The number of rotatable bonds is 5. The molecule has 0 aliphatic heterocycles. The molecule has 3 aromatic heterocycles. The zero-order chi connectivity index (χ0) is 22.0. The molecule has 0 fully saturated rings. The van der Waals surface area contributed by atoms with E-state index in [1.165, 1.54) is 17.0 Å². The van der Waals surface area contributed by atoms with Crippen LogP contribution >= 0.6 is 0 Å². The van der Waals surface area contributed by atoms with Crippen molar-refractivity contribution in [1.29, 1.82) is 0 Å². The van der Waals surface area contributed by atoms with E-state index >= 15 is 0 Å². The highest BCUT2D eigenvalue weighted by Gasteiger charge is 2.19. The minimum absolute atomic E-state index is 0.159. The number of carbonyl (C=O) groups excluding carboxylic acids is 2. The fraction of sp³-hybridized carbons (Fsp3) is 0.130. The van der Waals surface area contributed by atoms with E-state index in [4.69, 9.17) is 0 Å². The molecule has 1 aromatic carbocycles. The number of amides is 2. The molecule has 0 unspecified atom stereocenters. The van der Waals surface area contributed by atoms with Crippen LogP contribution in [0, 0.1) is 5.82 Å². The number of anilines is 1. The number of hydrogen-bond acceptors (Lipinski definition) is 4. The van der Waals surface area contributed by atoms with E-state index in [2.05, 4.69) is 15.4 Å². The van der Waals surface area contributed by atoms with E-state index in [0.29, 0.717) is 23.5 Å². The van der Waals surface area contributed by atoms with Crippen molar-refractivity contribution in [2.75, 3.05) is 18.5 Å². The molecule has 0 radical (unpaired) electrons. The van der Waals surface area contributed by atoms with E-state index in [-0.39, 0.29) is 11.8 Å². The van der Waals surface area contributed by atoms with Crippen molar-refractivity contribution in [3.63, 3.8) is 0 Å². The highest BCUT2D eigenvalue weighted by atomic mass is 19.1. The second kappa shape index (κ2) is 8.35. The van der Waals surface area contributed by atoms with Gasteiger partial charge >= 0.3 is 0 Å². The summed E-state index contributed by atoms with van der Waals surface area (Å²) >= 11 is 0. The number of nitrogens with zero attached hydrogens (tertiary/aromatic N) is 4. The molecular weight excluding hydrogens is 397 g/mol. The van der Waals surface area contributed by atoms with Gasteiger partial charge in [0.25, 0.3) is 11.8 Å². The highest BCUT2D eigenvalue weighted by Crippen LogP contribution is 2.26. The van der Waals surface area contributed by atoms with Crippen LogP contribution < -0.4 is 10.2 Å². The zero-order valence-electron chi connectivity index (χ0n) is 17.0. The van der Waals surface area contributed by atoms with Crippen LogP contribution in [-0.4, -0.2) is 40.0 Å². The molecule has 0 atom stereocenters. The molecule has 2 amide bonds. The lowest BCUT2D eigenvalue weighted by molar-refractivity contribution is 0.0960. The first-order chi connectivity index (χ1) is 15.0. The molecule has 0 bridgehead atoms. The maximum absolute atomic E-state index is 13.2. The monoisotopic (exact) mass is 417 g/mol. The number of nitrogens with one attached hydrogen (secondary N) is 1. The number of aromatic nitrogens is 3. The average Bonchev–Trinajstić information content (AvgIpc) is 3.23. The zero-order valence-corrected chi connectivity index (χ0v) is 17.0. The van der Waals surface area contributed by atoms with Crippen LogP contribution in [-0.2, 0) is 0 Å². The number of pyridine rings is 2. The largest absolute Gasteiger partial charge is 0.355 e. The Morgan fingerprint density at radius 1 is 1.06 bits per heavy atom. The van der Waals surface area contributed by atoms with Crippen molar-refractivity contribution in [1.82, 2.24) is 19.9 Å². The number of halogens is 1. The van der Waals surface area contributed by atoms with Crippen molar-refractivity contribution in [2.24, 2.45) is 0 Å². The summed E-state index contributed by atoms with van der Waals surface area (Å²) in [5.41, 5.74) is 3.48. The molecule has 4 aromatic rings. The van der Waals surface area contributed by atoms with E-state index in [1.807, 2.05) is 19.1 Å². The molecule has 0 spiro atoms. The Kier molecular flexibility index (Phi) is 5.44. The molecule has 7 nitrogen and oxygen atoms in total. The molecule has 1 N–H and O–H groups in total. The first-order valence-electron chi connectivity index (χ1n) is 9.75. The van der Waals surface area contributed by atoms with Gasteiger partial charge in [-0.2, -0.15) is 5.10 Å². The number of carbonyl (C=O) groups is 2. The minimum Gasteiger partial charge on any atom is -0.355 e. The topological polar surface area (TPSA) is 79.6 Å². The SMILES string of the molecule is CCN(C(=O)c1ccn2ncc(-c3ccc(C(=O)NC)cc3)c2c1)c1ccc(F)cn1. The summed E-state index contributed by atoms with van der Waals surface area (Å²) in [5.74, 6) is -0.480. The molecule has 0 saturated heterocycles. The Balaban J connectivity index is 1.70. The molecule has 8 heteroatoms.